The minimum Gasteiger partial charge on any atom is -0.493 e. The standard InChI is InChI=1S/C16H23NO2.ClH/c1-4-11-7-8-13-12-6-5-9-17(2)14(12)10-19-16(13)15(11)18-3;/h7-8,12,14H,4-6,9-10H2,1-3H3;1H/t12-,14-;/m0./s1. The van der Waals surface area contributed by atoms with Crippen LogP contribution in [0.15, 0.2) is 12.1 Å². The molecule has 0 aromatic heterocycles. The molecule has 2 aliphatic rings. The van der Waals surface area contributed by atoms with E-state index in [-0.39, 0.29) is 12.4 Å². The number of likely N-dealkylation sites (tertiary alicyclic amines) is 1. The Hall–Kier alpha value is -0.930. The molecule has 4 heteroatoms. The van der Waals surface area contributed by atoms with Crippen LogP contribution in [0, 0.1) is 0 Å². The number of fused-ring (bicyclic) bond motifs is 3. The first-order chi connectivity index (χ1) is 9.26. The van der Waals surface area contributed by atoms with Crippen molar-refractivity contribution in [2.24, 2.45) is 0 Å². The number of benzene rings is 1. The summed E-state index contributed by atoms with van der Waals surface area (Å²) in [5.74, 6) is 2.55. The zero-order valence-electron chi connectivity index (χ0n) is 12.5. The first-order valence-electron chi connectivity index (χ1n) is 7.29. The second-order valence-corrected chi connectivity index (χ2v) is 5.64. The number of likely N-dealkylation sites (N-methyl/N-ethyl adjacent to an activating group) is 1. The van der Waals surface area contributed by atoms with Crippen molar-refractivity contribution in [2.45, 2.75) is 38.1 Å². The smallest absolute Gasteiger partial charge is 0.165 e. The van der Waals surface area contributed by atoms with E-state index >= 15 is 0 Å². The first kappa shape index (κ1) is 15.5. The van der Waals surface area contributed by atoms with Crippen molar-refractivity contribution >= 4 is 12.4 Å². The van der Waals surface area contributed by atoms with Gasteiger partial charge in [0.25, 0.3) is 0 Å². The Labute approximate surface area is 127 Å². The number of aryl methyl sites for hydroxylation is 1. The average molecular weight is 298 g/mol. The molecular weight excluding hydrogens is 274 g/mol. The summed E-state index contributed by atoms with van der Waals surface area (Å²) in [6.45, 7) is 4.13. The molecule has 112 valence electrons. The van der Waals surface area contributed by atoms with Crippen LogP contribution in [0.1, 0.15) is 36.8 Å². The predicted molar refractivity (Wildman–Crippen MR) is 83.5 cm³/mol. The van der Waals surface area contributed by atoms with Crippen molar-refractivity contribution < 1.29 is 9.47 Å². The van der Waals surface area contributed by atoms with E-state index in [1.54, 1.807) is 7.11 Å². The zero-order valence-corrected chi connectivity index (χ0v) is 13.3. The molecule has 1 saturated heterocycles. The molecule has 0 aliphatic carbocycles. The molecule has 0 spiro atoms. The van der Waals surface area contributed by atoms with Crippen LogP contribution in [0.4, 0.5) is 0 Å². The highest BCUT2D eigenvalue weighted by atomic mass is 35.5. The molecule has 1 aromatic carbocycles. The van der Waals surface area contributed by atoms with Crippen molar-refractivity contribution in [3.05, 3.63) is 23.3 Å². The molecule has 0 amide bonds. The SMILES string of the molecule is CCc1ccc2c(c1OC)OC[C@H]1[C@H]2CCCN1C.Cl. The number of piperidine rings is 1. The van der Waals surface area contributed by atoms with Gasteiger partial charge in [0.1, 0.15) is 6.61 Å². The second-order valence-electron chi connectivity index (χ2n) is 5.64. The molecular formula is C16H24ClNO2. The summed E-state index contributed by atoms with van der Waals surface area (Å²) < 4.78 is 11.7. The van der Waals surface area contributed by atoms with Crippen LogP contribution < -0.4 is 9.47 Å². The third-order valence-electron chi connectivity index (χ3n) is 4.66. The Morgan fingerprint density at radius 1 is 1.40 bits per heavy atom. The predicted octanol–water partition coefficient (Wildman–Crippen LogP) is 3.25. The maximum Gasteiger partial charge on any atom is 0.165 e. The van der Waals surface area contributed by atoms with E-state index in [2.05, 4.69) is 31.0 Å². The molecule has 0 radical (unpaired) electrons. The summed E-state index contributed by atoms with van der Waals surface area (Å²) in [7, 11) is 3.96. The number of rotatable bonds is 2. The van der Waals surface area contributed by atoms with Gasteiger partial charge < -0.3 is 9.47 Å². The van der Waals surface area contributed by atoms with E-state index in [0.29, 0.717) is 12.0 Å². The van der Waals surface area contributed by atoms with Gasteiger partial charge in [0, 0.05) is 11.5 Å². The minimum atomic E-state index is 0. The summed E-state index contributed by atoms with van der Waals surface area (Å²) in [6.07, 6.45) is 3.52. The summed E-state index contributed by atoms with van der Waals surface area (Å²) in [5, 5.41) is 0. The number of methoxy groups -OCH3 is 1. The van der Waals surface area contributed by atoms with Crippen molar-refractivity contribution in [1.29, 1.82) is 0 Å². The normalized spacial score (nSPS) is 24.9. The molecule has 2 heterocycles. The highest BCUT2D eigenvalue weighted by molar-refractivity contribution is 5.85. The van der Waals surface area contributed by atoms with Gasteiger partial charge in [-0.15, -0.1) is 12.4 Å². The third-order valence-corrected chi connectivity index (χ3v) is 4.66. The van der Waals surface area contributed by atoms with Gasteiger partial charge in [-0.1, -0.05) is 19.1 Å². The van der Waals surface area contributed by atoms with Crippen LogP contribution in [0.3, 0.4) is 0 Å². The van der Waals surface area contributed by atoms with Crippen LogP contribution >= 0.6 is 12.4 Å². The topological polar surface area (TPSA) is 21.7 Å². The van der Waals surface area contributed by atoms with E-state index in [9.17, 15) is 0 Å². The number of nitrogens with zero attached hydrogens (tertiary/aromatic N) is 1. The van der Waals surface area contributed by atoms with Crippen molar-refractivity contribution in [3.63, 3.8) is 0 Å². The molecule has 0 saturated carbocycles. The van der Waals surface area contributed by atoms with Crippen LogP contribution in [0.5, 0.6) is 11.5 Å². The first-order valence-corrected chi connectivity index (χ1v) is 7.29. The molecule has 0 N–H and O–H groups in total. The van der Waals surface area contributed by atoms with Gasteiger partial charge in [-0.05, 0) is 38.4 Å². The Morgan fingerprint density at radius 3 is 2.90 bits per heavy atom. The van der Waals surface area contributed by atoms with Crippen molar-refractivity contribution in [2.75, 3.05) is 27.3 Å². The molecule has 0 bridgehead atoms. The largest absolute Gasteiger partial charge is 0.493 e. The molecule has 20 heavy (non-hydrogen) atoms. The summed E-state index contributed by atoms with van der Waals surface area (Å²) >= 11 is 0. The Bertz CT molecular complexity index is 478. The fourth-order valence-corrected chi connectivity index (χ4v) is 3.56. The van der Waals surface area contributed by atoms with Gasteiger partial charge in [0.05, 0.1) is 13.2 Å². The molecule has 2 atom stereocenters. The maximum absolute atomic E-state index is 6.06. The highest BCUT2D eigenvalue weighted by Crippen LogP contribution is 2.46. The fourth-order valence-electron chi connectivity index (χ4n) is 3.56. The lowest BCUT2D eigenvalue weighted by Gasteiger charge is -2.43. The van der Waals surface area contributed by atoms with Gasteiger partial charge in [-0.2, -0.15) is 0 Å². The molecule has 1 aromatic rings. The van der Waals surface area contributed by atoms with Crippen LogP contribution in [-0.4, -0.2) is 38.3 Å². The number of halogens is 1. The van der Waals surface area contributed by atoms with Gasteiger partial charge >= 0.3 is 0 Å². The van der Waals surface area contributed by atoms with Crippen LogP contribution in [0.2, 0.25) is 0 Å². The van der Waals surface area contributed by atoms with Crippen molar-refractivity contribution in [3.8, 4) is 11.5 Å². The van der Waals surface area contributed by atoms with E-state index in [1.165, 1.54) is 30.5 Å². The number of hydrogen-bond acceptors (Lipinski definition) is 3. The second kappa shape index (κ2) is 6.23. The number of ether oxygens (including phenoxy) is 2. The third kappa shape index (κ3) is 2.38. The van der Waals surface area contributed by atoms with Crippen LogP contribution in [0.25, 0.3) is 0 Å². The van der Waals surface area contributed by atoms with Gasteiger partial charge in [-0.3, -0.25) is 4.90 Å². The highest BCUT2D eigenvalue weighted by Gasteiger charge is 2.37. The Balaban J connectivity index is 0.00000147. The van der Waals surface area contributed by atoms with Crippen molar-refractivity contribution in [1.82, 2.24) is 4.90 Å². The Kier molecular flexibility index (Phi) is 4.82. The fraction of sp³-hybridized carbons (Fsp3) is 0.625. The van der Waals surface area contributed by atoms with Gasteiger partial charge in [0.2, 0.25) is 0 Å². The molecule has 1 fully saturated rings. The lowest BCUT2D eigenvalue weighted by atomic mass is 9.81. The van der Waals surface area contributed by atoms with E-state index in [1.807, 2.05) is 0 Å². The molecule has 0 unspecified atom stereocenters. The number of hydrogen-bond donors (Lipinski definition) is 0. The zero-order chi connectivity index (χ0) is 13.4. The molecule has 2 aliphatic heterocycles. The summed E-state index contributed by atoms with van der Waals surface area (Å²) in [5.41, 5.74) is 2.58. The monoisotopic (exact) mass is 297 g/mol. The Morgan fingerprint density at radius 2 is 2.20 bits per heavy atom. The lowest BCUT2D eigenvalue weighted by molar-refractivity contribution is 0.0846. The average Bonchev–Trinajstić information content (AvgIpc) is 2.45. The van der Waals surface area contributed by atoms with E-state index in [4.69, 9.17) is 9.47 Å². The maximum atomic E-state index is 6.06. The lowest BCUT2D eigenvalue weighted by Crippen LogP contribution is -2.47. The molecule has 3 rings (SSSR count). The van der Waals surface area contributed by atoms with E-state index in [0.717, 1.165) is 24.5 Å². The molecule has 3 nitrogen and oxygen atoms in total. The van der Waals surface area contributed by atoms with E-state index < -0.39 is 0 Å². The quantitative estimate of drug-likeness (QED) is 0.836. The summed E-state index contributed by atoms with van der Waals surface area (Å²) in [6, 6.07) is 4.99. The summed E-state index contributed by atoms with van der Waals surface area (Å²) in [4.78, 5) is 2.44. The minimum absolute atomic E-state index is 0. The van der Waals surface area contributed by atoms with Crippen LogP contribution in [-0.2, 0) is 6.42 Å². The van der Waals surface area contributed by atoms with Gasteiger partial charge in [0.15, 0.2) is 11.5 Å². The van der Waals surface area contributed by atoms with Gasteiger partial charge in [-0.25, -0.2) is 0 Å².